The Hall–Kier alpha value is -2.03. The summed E-state index contributed by atoms with van der Waals surface area (Å²) in [6.45, 7) is 2.76. The number of benzene rings is 1. The highest BCUT2D eigenvalue weighted by Gasteiger charge is 1.96. The van der Waals surface area contributed by atoms with Crippen LogP contribution in [-0.4, -0.2) is 4.98 Å². The van der Waals surface area contributed by atoms with Gasteiger partial charge < -0.3 is 11.1 Å². The zero-order valence-electron chi connectivity index (χ0n) is 9.27. The highest BCUT2D eigenvalue weighted by Crippen LogP contribution is 2.11. The Morgan fingerprint density at radius 1 is 1.25 bits per heavy atom. The van der Waals surface area contributed by atoms with Crippen molar-refractivity contribution in [3.63, 3.8) is 0 Å². The molecule has 0 unspecified atom stereocenters. The molecule has 0 amide bonds. The van der Waals surface area contributed by atoms with E-state index in [1.807, 2.05) is 18.2 Å². The molecule has 82 valence electrons. The fourth-order valence-electron chi connectivity index (χ4n) is 1.54. The van der Waals surface area contributed by atoms with Gasteiger partial charge >= 0.3 is 0 Å². The molecule has 0 aliphatic heterocycles. The molecule has 0 fully saturated rings. The zero-order valence-corrected chi connectivity index (χ0v) is 9.27. The van der Waals surface area contributed by atoms with Gasteiger partial charge in [-0.3, -0.25) is 4.98 Å². The topological polar surface area (TPSA) is 50.9 Å². The van der Waals surface area contributed by atoms with Crippen LogP contribution in [0, 0.1) is 6.92 Å². The molecule has 0 atom stereocenters. The molecule has 3 N–H and O–H groups in total. The number of pyridine rings is 1. The van der Waals surface area contributed by atoms with Crippen LogP contribution >= 0.6 is 0 Å². The van der Waals surface area contributed by atoms with Gasteiger partial charge in [-0.05, 0) is 36.8 Å². The number of anilines is 2. The highest BCUT2D eigenvalue weighted by molar-refractivity contribution is 5.46. The van der Waals surface area contributed by atoms with Crippen molar-refractivity contribution in [2.24, 2.45) is 0 Å². The Morgan fingerprint density at radius 2 is 2.12 bits per heavy atom. The molecule has 2 rings (SSSR count). The summed E-state index contributed by atoms with van der Waals surface area (Å²) < 4.78 is 0. The first-order chi connectivity index (χ1) is 7.74. The molecule has 0 bridgehead atoms. The van der Waals surface area contributed by atoms with Crippen LogP contribution in [0.3, 0.4) is 0 Å². The number of hydrogen-bond acceptors (Lipinski definition) is 3. The van der Waals surface area contributed by atoms with Crippen LogP contribution in [0.25, 0.3) is 0 Å². The summed E-state index contributed by atoms with van der Waals surface area (Å²) in [4.78, 5) is 4.23. The Morgan fingerprint density at radius 3 is 2.88 bits per heavy atom. The standard InChI is InChI=1S/C13H15N3/c1-10-3-2-4-12(7-10)16-9-13-8-11(14)5-6-15-13/h2-8,16H,9H2,1H3,(H2,14,15). The number of rotatable bonds is 3. The summed E-state index contributed by atoms with van der Waals surface area (Å²) in [6, 6.07) is 11.9. The molecule has 1 aromatic heterocycles. The average molecular weight is 213 g/mol. The molecule has 1 heterocycles. The maximum absolute atomic E-state index is 5.68. The van der Waals surface area contributed by atoms with Gasteiger partial charge in [-0.2, -0.15) is 0 Å². The fraction of sp³-hybridized carbons (Fsp3) is 0.154. The van der Waals surface area contributed by atoms with Crippen molar-refractivity contribution in [3.8, 4) is 0 Å². The molecule has 2 aromatic rings. The highest BCUT2D eigenvalue weighted by atomic mass is 14.9. The fourth-order valence-corrected chi connectivity index (χ4v) is 1.54. The van der Waals surface area contributed by atoms with E-state index in [2.05, 4.69) is 29.4 Å². The second-order valence-corrected chi connectivity index (χ2v) is 3.80. The molecule has 0 aliphatic carbocycles. The predicted octanol–water partition coefficient (Wildman–Crippen LogP) is 2.58. The van der Waals surface area contributed by atoms with Crippen LogP contribution in [0.2, 0.25) is 0 Å². The third kappa shape index (κ3) is 2.73. The van der Waals surface area contributed by atoms with Crippen LogP contribution in [0.15, 0.2) is 42.6 Å². The van der Waals surface area contributed by atoms with Crippen molar-refractivity contribution in [3.05, 3.63) is 53.9 Å². The number of nitrogens with zero attached hydrogens (tertiary/aromatic N) is 1. The second kappa shape index (κ2) is 4.66. The molecule has 0 saturated heterocycles. The summed E-state index contributed by atoms with van der Waals surface area (Å²) in [6.07, 6.45) is 1.72. The van der Waals surface area contributed by atoms with Gasteiger partial charge in [0.25, 0.3) is 0 Å². The van der Waals surface area contributed by atoms with E-state index in [0.29, 0.717) is 6.54 Å². The van der Waals surface area contributed by atoms with Crippen molar-refractivity contribution < 1.29 is 0 Å². The molecule has 1 aromatic carbocycles. The lowest BCUT2D eigenvalue weighted by Crippen LogP contribution is -2.02. The van der Waals surface area contributed by atoms with Gasteiger partial charge in [0.15, 0.2) is 0 Å². The summed E-state index contributed by atoms with van der Waals surface area (Å²) >= 11 is 0. The molecule has 16 heavy (non-hydrogen) atoms. The minimum atomic E-state index is 0.689. The summed E-state index contributed by atoms with van der Waals surface area (Å²) in [7, 11) is 0. The number of nitrogens with two attached hydrogens (primary N) is 1. The van der Waals surface area contributed by atoms with Gasteiger partial charge in [-0.1, -0.05) is 12.1 Å². The number of nitrogens with one attached hydrogen (secondary N) is 1. The second-order valence-electron chi connectivity index (χ2n) is 3.80. The molecule has 3 nitrogen and oxygen atoms in total. The van der Waals surface area contributed by atoms with Crippen molar-refractivity contribution in [2.45, 2.75) is 13.5 Å². The van der Waals surface area contributed by atoms with Crippen LogP contribution in [-0.2, 0) is 6.54 Å². The monoisotopic (exact) mass is 213 g/mol. The lowest BCUT2D eigenvalue weighted by atomic mass is 10.2. The summed E-state index contributed by atoms with van der Waals surface area (Å²) in [5.74, 6) is 0. The first-order valence-electron chi connectivity index (χ1n) is 5.25. The van der Waals surface area contributed by atoms with E-state index in [4.69, 9.17) is 5.73 Å². The van der Waals surface area contributed by atoms with Gasteiger partial charge in [-0.15, -0.1) is 0 Å². The molecule has 0 radical (unpaired) electrons. The average Bonchev–Trinajstić information content (AvgIpc) is 2.27. The van der Waals surface area contributed by atoms with Crippen molar-refractivity contribution in [1.82, 2.24) is 4.98 Å². The maximum Gasteiger partial charge on any atom is 0.0615 e. The van der Waals surface area contributed by atoms with Crippen molar-refractivity contribution in [2.75, 3.05) is 11.1 Å². The number of aryl methyl sites for hydroxylation is 1. The van der Waals surface area contributed by atoms with E-state index in [1.54, 1.807) is 12.3 Å². The van der Waals surface area contributed by atoms with Gasteiger partial charge in [0.2, 0.25) is 0 Å². The Bertz CT molecular complexity index is 435. The molecule has 0 aliphatic rings. The molecule has 0 saturated carbocycles. The van der Waals surface area contributed by atoms with E-state index in [9.17, 15) is 0 Å². The minimum absolute atomic E-state index is 0.689. The lowest BCUT2D eigenvalue weighted by Gasteiger charge is -2.06. The molecule has 0 spiro atoms. The first kappa shape index (κ1) is 10.5. The molecule has 3 heteroatoms. The summed E-state index contributed by atoms with van der Waals surface area (Å²) in [5.41, 5.74) is 9.72. The SMILES string of the molecule is Cc1cccc(NCc2cc(N)ccn2)c1. The van der Waals surface area contributed by atoms with Gasteiger partial charge in [0, 0.05) is 17.6 Å². The Labute approximate surface area is 95.3 Å². The van der Waals surface area contributed by atoms with Gasteiger partial charge in [-0.25, -0.2) is 0 Å². The number of hydrogen-bond donors (Lipinski definition) is 2. The van der Waals surface area contributed by atoms with Crippen molar-refractivity contribution >= 4 is 11.4 Å². The number of aromatic nitrogens is 1. The van der Waals surface area contributed by atoms with E-state index in [1.165, 1.54) is 5.56 Å². The van der Waals surface area contributed by atoms with Gasteiger partial charge in [0.05, 0.1) is 12.2 Å². The molecular formula is C13H15N3. The van der Waals surface area contributed by atoms with Crippen LogP contribution in [0.4, 0.5) is 11.4 Å². The Kier molecular flexibility index (Phi) is 3.05. The lowest BCUT2D eigenvalue weighted by molar-refractivity contribution is 1.05. The quantitative estimate of drug-likeness (QED) is 0.824. The third-order valence-corrected chi connectivity index (χ3v) is 2.33. The third-order valence-electron chi connectivity index (χ3n) is 2.33. The smallest absolute Gasteiger partial charge is 0.0615 e. The minimum Gasteiger partial charge on any atom is -0.399 e. The van der Waals surface area contributed by atoms with E-state index in [-0.39, 0.29) is 0 Å². The predicted molar refractivity (Wildman–Crippen MR) is 67.2 cm³/mol. The van der Waals surface area contributed by atoms with E-state index < -0.39 is 0 Å². The van der Waals surface area contributed by atoms with Crippen LogP contribution in [0.1, 0.15) is 11.3 Å². The largest absolute Gasteiger partial charge is 0.399 e. The maximum atomic E-state index is 5.68. The molecular weight excluding hydrogens is 198 g/mol. The van der Waals surface area contributed by atoms with E-state index in [0.717, 1.165) is 17.1 Å². The first-order valence-corrected chi connectivity index (χ1v) is 5.25. The Balaban J connectivity index is 2.02. The van der Waals surface area contributed by atoms with Crippen LogP contribution in [0.5, 0.6) is 0 Å². The zero-order chi connectivity index (χ0) is 11.4. The van der Waals surface area contributed by atoms with Crippen LogP contribution < -0.4 is 11.1 Å². The number of nitrogen functional groups attached to an aromatic ring is 1. The van der Waals surface area contributed by atoms with E-state index >= 15 is 0 Å². The van der Waals surface area contributed by atoms with Gasteiger partial charge in [0.1, 0.15) is 0 Å². The normalized spacial score (nSPS) is 10.1. The van der Waals surface area contributed by atoms with Crippen molar-refractivity contribution in [1.29, 1.82) is 0 Å². The summed E-state index contributed by atoms with van der Waals surface area (Å²) in [5, 5.41) is 3.31.